The lowest BCUT2D eigenvalue weighted by atomic mass is 9.90. The predicted octanol–water partition coefficient (Wildman–Crippen LogP) is 4.66. The van der Waals surface area contributed by atoms with Gasteiger partial charge in [-0.1, -0.05) is 43.0 Å². The second-order valence-corrected chi connectivity index (χ2v) is 5.81. The van der Waals surface area contributed by atoms with Crippen molar-refractivity contribution in [2.45, 2.75) is 18.8 Å². The number of aromatic nitrogens is 1. The van der Waals surface area contributed by atoms with E-state index in [2.05, 4.69) is 66.0 Å². The standard InChI is InChI=1S/C20H22N2/c1-3-16-7-6-8-17(20-10-5-4-9-19(16)20)15-22(2)18-11-13-21-14-12-18/h3-5,7,9-14,17H,1,6,8,15H2,2H3. The van der Waals surface area contributed by atoms with Crippen LogP contribution in [0.1, 0.15) is 29.9 Å². The molecule has 3 rings (SSSR count). The Hall–Kier alpha value is -2.35. The first-order chi connectivity index (χ1) is 10.8. The molecule has 0 spiro atoms. The first-order valence-electron chi connectivity index (χ1n) is 7.82. The van der Waals surface area contributed by atoms with E-state index in [1.54, 1.807) is 0 Å². The van der Waals surface area contributed by atoms with Gasteiger partial charge in [0.05, 0.1) is 0 Å². The maximum atomic E-state index is 4.10. The van der Waals surface area contributed by atoms with Gasteiger partial charge in [-0.2, -0.15) is 0 Å². The van der Waals surface area contributed by atoms with Crippen molar-refractivity contribution >= 4 is 11.3 Å². The molecule has 0 amide bonds. The van der Waals surface area contributed by atoms with Gasteiger partial charge in [0.2, 0.25) is 0 Å². The van der Waals surface area contributed by atoms with Gasteiger partial charge in [-0.05, 0) is 41.7 Å². The van der Waals surface area contributed by atoms with Gasteiger partial charge < -0.3 is 4.90 Å². The molecule has 0 aliphatic heterocycles. The van der Waals surface area contributed by atoms with E-state index in [0.29, 0.717) is 5.92 Å². The fourth-order valence-electron chi connectivity index (χ4n) is 3.24. The summed E-state index contributed by atoms with van der Waals surface area (Å²) >= 11 is 0. The highest BCUT2D eigenvalue weighted by Crippen LogP contribution is 2.34. The molecule has 1 aliphatic carbocycles. The van der Waals surface area contributed by atoms with Crippen molar-refractivity contribution in [3.8, 4) is 0 Å². The molecule has 0 N–H and O–H groups in total. The van der Waals surface area contributed by atoms with E-state index in [1.165, 1.54) is 28.8 Å². The van der Waals surface area contributed by atoms with E-state index in [1.807, 2.05) is 18.5 Å². The number of likely N-dealkylation sites (N-methyl/N-ethyl adjacent to an activating group) is 1. The van der Waals surface area contributed by atoms with Crippen LogP contribution in [0.3, 0.4) is 0 Å². The van der Waals surface area contributed by atoms with Crippen molar-refractivity contribution in [3.05, 3.63) is 78.6 Å². The summed E-state index contributed by atoms with van der Waals surface area (Å²) in [6, 6.07) is 12.9. The molecule has 0 radical (unpaired) electrons. The summed E-state index contributed by atoms with van der Waals surface area (Å²) < 4.78 is 0. The van der Waals surface area contributed by atoms with Gasteiger partial charge >= 0.3 is 0 Å². The number of allylic oxidation sites excluding steroid dienone is 3. The van der Waals surface area contributed by atoms with E-state index in [0.717, 1.165) is 13.0 Å². The molecule has 1 heterocycles. The maximum absolute atomic E-state index is 4.10. The number of pyridine rings is 1. The molecule has 2 heteroatoms. The molecular weight excluding hydrogens is 268 g/mol. The highest BCUT2D eigenvalue weighted by atomic mass is 15.1. The van der Waals surface area contributed by atoms with Crippen molar-refractivity contribution in [1.82, 2.24) is 4.98 Å². The molecule has 22 heavy (non-hydrogen) atoms. The minimum absolute atomic E-state index is 0.531. The molecule has 1 aromatic heterocycles. The van der Waals surface area contributed by atoms with E-state index < -0.39 is 0 Å². The Bertz CT molecular complexity index is 673. The van der Waals surface area contributed by atoms with Crippen LogP contribution < -0.4 is 4.90 Å². The smallest absolute Gasteiger partial charge is 0.0394 e. The van der Waals surface area contributed by atoms with Crippen LogP contribution in [0.15, 0.2) is 67.5 Å². The van der Waals surface area contributed by atoms with Gasteiger partial charge in [0, 0.05) is 37.6 Å². The highest BCUT2D eigenvalue weighted by molar-refractivity contribution is 5.76. The molecule has 0 fully saturated rings. The van der Waals surface area contributed by atoms with Crippen LogP contribution >= 0.6 is 0 Å². The zero-order valence-corrected chi connectivity index (χ0v) is 13.1. The summed E-state index contributed by atoms with van der Waals surface area (Å²) in [6.07, 6.45) is 10.3. The SMILES string of the molecule is C=CC1=CCCC(CN(C)c2ccncc2)c2ccccc21. The Balaban J connectivity index is 1.87. The number of anilines is 1. The molecular formula is C20H22N2. The molecule has 112 valence electrons. The maximum Gasteiger partial charge on any atom is 0.0394 e. The Morgan fingerprint density at radius 2 is 2.00 bits per heavy atom. The molecule has 2 nitrogen and oxygen atoms in total. The zero-order valence-electron chi connectivity index (χ0n) is 13.1. The number of nitrogens with zero attached hydrogens (tertiary/aromatic N) is 2. The van der Waals surface area contributed by atoms with Crippen LogP contribution in [0.5, 0.6) is 0 Å². The molecule has 2 aromatic rings. The third kappa shape index (κ3) is 2.96. The minimum atomic E-state index is 0.531. The van der Waals surface area contributed by atoms with Crippen molar-refractivity contribution in [2.24, 2.45) is 0 Å². The predicted molar refractivity (Wildman–Crippen MR) is 94.1 cm³/mol. The van der Waals surface area contributed by atoms with E-state index in [4.69, 9.17) is 0 Å². The van der Waals surface area contributed by atoms with Gasteiger partial charge in [0.1, 0.15) is 0 Å². The highest BCUT2D eigenvalue weighted by Gasteiger charge is 2.20. The average Bonchev–Trinajstić information content (AvgIpc) is 2.75. The molecule has 1 atom stereocenters. The monoisotopic (exact) mass is 290 g/mol. The molecule has 0 bridgehead atoms. The quantitative estimate of drug-likeness (QED) is 0.813. The molecule has 1 unspecified atom stereocenters. The molecule has 1 aromatic carbocycles. The first-order valence-corrected chi connectivity index (χ1v) is 7.82. The number of hydrogen-bond acceptors (Lipinski definition) is 2. The summed E-state index contributed by atoms with van der Waals surface area (Å²) in [6.45, 7) is 4.99. The Kier molecular flexibility index (Phi) is 4.38. The fraction of sp³-hybridized carbons (Fsp3) is 0.250. The van der Waals surface area contributed by atoms with Crippen LogP contribution in [-0.2, 0) is 0 Å². The van der Waals surface area contributed by atoms with E-state index in [9.17, 15) is 0 Å². The van der Waals surface area contributed by atoms with Crippen LogP contribution in [0.4, 0.5) is 5.69 Å². The fourth-order valence-corrected chi connectivity index (χ4v) is 3.24. The normalized spacial score (nSPS) is 17.1. The van der Waals surface area contributed by atoms with E-state index in [-0.39, 0.29) is 0 Å². The lowest BCUT2D eigenvalue weighted by Gasteiger charge is -2.26. The first kappa shape index (κ1) is 14.6. The third-order valence-electron chi connectivity index (χ3n) is 4.41. The largest absolute Gasteiger partial charge is 0.374 e. The van der Waals surface area contributed by atoms with Gasteiger partial charge in [0.25, 0.3) is 0 Å². The minimum Gasteiger partial charge on any atom is -0.374 e. The summed E-state index contributed by atoms with van der Waals surface area (Å²) in [7, 11) is 2.16. The Morgan fingerprint density at radius 1 is 1.23 bits per heavy atom. The van der Waals surface area contributed by atoms with Crippen LogP contribution in [0.2, 0.25) is 0 Å². The second kappa shape index (κ2) is 6.61. The summed E-state index contributed by atoms with van der Waals surface area (Å²) in [4.78, 5) is 6.42. The van der Waals surface area contributed by atoms with Gasteiger partial charge in [-0.25, -0.2) is 0 Å². The second-order valence-electron chi connectivity index (χ2n) is 5.81. The van der Waals surface area contributed by atoms with Gasteiger partial charge in [-0.15, -0.1) is 0 Å². The summed E-state index contributed by atoms with van der Waals surface area (Å²) in [5, 5.41) is 0. The lowest BCUT2D eigenvalue weighted by Crippen LogP contribution is -2.24. The third-order valence-corrected chi connectivity index (χ3v) is 4.41. The van der Waals surface area contributed by atoms with Crippen LogP contribution in [0.25, 0.3) is 5.57 Å². The lowest BCUT2D eigenvalue weighted by molar-refractivity contribution is 0.627. The van der Waals surface area contributed by atoms with Crippen molar-refractivity contribution in [1.29, 1.82) is 0 Å². The Labute approximate surface area is 132 Å². The summed E-state index contributed by atoms with van der Waals surface area (Å²) in [5.41, 5.74) is 5.26. The number of fused-ring (bicyclic) bond motifs is 1. The van der Waals surface area contributed by atoms with Gasteiger partial charge in [-0.3, -0.25) is 4.98 Å². The topological polar surface area (TPSA) is 16.1 Å². The number of hydrogen-bond donors (Lipinski definition) is 0. The number of benzene rings is 1. The van der Waals surface area contributed by atoms with Crippen molar-refractivity contribution in [3.63, 3.8) is 0 Å². The van der Waals surface area contributed by atoms with Crippen LogP contribution in [0, 0.1) is 0 Å². The van der Waals surface area contributed by atoms with Crippen molar-refractivity contribution < 1.29 is 0 Å². The average molecular weight is 290 g/mol. The van der Waals surface area contributed by atoms with Gasteiger partial charge in [0.15, 0.2) is 0 Å². The Morgan fingerprint density at radius 3 is 2.77 bits per heavy atom. The van der Waals surface area contributed by atoms with Crippen molar-refractivity contribution in [2.75, 3.05) is 18.5 Å². The van der Waals surface area contributed by atoms with E-state index >= 15 is 0 Å². The zero-order chi connectivity index (χ0) is 15.4. The molecule has 0 saturated heterocycles. The molecule has 0 saturated carbocycles. The molecule has 1 aliphatic rings. The summed E-state index contributed by atoms with van der Waals surface area (Å²) in [5.74, 6) is 0.531. The number of rotatable bonds is 4. The van der Waals surface area contributed by atoms with Crippen LogP contribution in [-0.4, -0.2) is 18.6 Å².